The van der Waals surface area contributed by atoms with Crippen LogP contribution in [-0.2, 0) is 22.7 Å². The van der Waals surface area contributed by atoms with Gasteiger partial charge in [-0.2, -0.15) is 0 Å². The summed E-state index contributed by atoms with van der Waals surface area (Å²) < 4.78 is 23.8. The Kier molecular flexibility index (Phi) is 3.60. The van der Waals surface area contributed by atoms with Gasteiger partial charge in [-0.1, -0.05) is 12.1 Å². The molecule has 1 aromatic carbocycles. The van der Waals surface area contributed by atoms with E-state index in [0.29, 0.717) is 10.9 Å². The Labute approximate surface area is 142 Å². The number of benzene rings is 1. The van der Waals surface area contributed by atoms with E-state index < -0.39 is 9.84 Å². The van der Waals surface area contributed by atoms with Gasteiger partial charge in [-0.05, 0) is 44.7 Å². The fraction of sp³-hybridized carbons (Fsp3) is 0.444. The lowest BCUT2D eigenvalue weighted by Gasteiger charge is -2.39. The van der Waals surface area contributed by atoms with E-state index in [1.165, 1.54) is 18.2 Å². The minimum atomic E-state index is -3.23. The monoisotopic (exact) mass is 343 g/mol. The summed E-state index contributed by atoms with van der Waals surface area (Å²) in [5, 5.41) is 0. The largest absolute Gasteiger partial charge is 0.338 e. The molecular formula is C18H21N3O2S. The van der Waals surface area contributed by atoms with E-state index in [4.69, 9.17) is 9.97 Å². The molecule has 0 radical (unpaired) electrons. The molecule has 2 aromatic rings. The van der Waals surface area contributed by atoms with Crippen molar-refractivity contribution in [3.8, 4) is 11.3 Å². The maximum absolute atomic E-state index is 11.9. The summed E-state index contributed by atoms with van der Waals surface area (Å²) in [7, 11) is -3.23. The normalized spacial score (nSPS) is 19.9. The molecule has 1 aliphatic carbocycles. The molecule has 0 bridgehead atoms. The number of aromatic nitrogens is 2. The number of sulfone groups is 1. The minimum Gasteiger partial charge on any atom is -0.338 e. The van der Waals surface area contributed by atoms with Gasteiger partial charge in [0.1, 0.15) is 0 Å². The zero-order valence-electron chi connectivity index (χ0n) is 14.0. The van der Waals surface area contributed by atoms with Crippen molar-refractivity contribution in [3.05, 3.63) is 35.5 Å². The third-order valence-electron chi connectivity index (χ3n) is 5.03. The maximum atomic E-state index is 11.9. The molecule has 0 unspecified atom stereocenters. The molecule has 2 aliphatic rings. The van der Waals surface area contributed by atoms with E-state index >= 15 is 0 Å². The zero-order valence-corrected chi connectivity index (χ0v) is 14.8. The molecule has 2 heterocycles. The molecule has 0 spiro atoms. The first-order chi connectivity index (χ1) is 11.4. The highest BCUT2D eigenvalue weighted by Gasteiger charge is 2.29. The van der Waals surface area contributed by atoms with Gasteiger partial charge in [0.2, 0.25) is 5.95 Å². The molecule has 1 aromatic heterocycles. The third kappa shape index (κ3) is 2.59. The van der Waals surface area contributed by atoms with Crippen molar-refractivity contribution in [1.29, 1.82) is 0 Å². The second kappa shape index (κ2) is 5.55. The van der Waals surface area contributed by atoms with Crippen molar-refractivity contribution < 1.29 is 8.42 Å². The van der Waals surface area contributed by atoms with Crippen molar-refractivity contribution >= 4 is 15.8 Å². The lowest BCUT2D eigenvalue weighted by Crippen LogP contribution is -2.46. The van der Waals surface area contributed by atoms with Crippen molar-refractivity contribution in [2.75, 3.05) is 17.7 Å². The molecule has 0 amide bonds. The first kappa shape index (κ1) is 15.6. The summed E-state index contributed by atoms with van der Waals surface area (Å²) in [4.78, 5) is 12.2. The second-order valence-corrected chi connectivity index (χ2v) is 8.80. The van der Waals surface area contributed by atoms with Crippen LogP contribution in [0.1, 0.15) is 31.0 Å². The Bertz CT molecular complexity index is 908. The second-order valence-electron chi connectivity index (χ2n) is 6.78. The highest BCUT2D eigenvalue weighted by Crippen LogP contribution is 2.34. The molecule has 1 fully saturated rings. The summed E-state index contributed by atoms with van der Waals surface area (Å²) in [5.41, 5.74) is 4.07. The molecule has 0 saturated carbocycles. The van der Waals surface area contributed by atoms with Crippen molar-refractivity contribution in [1.82, 2.24) is 9.97 Å². The van der Waals surface area contributed by atoms with Crippen molar-refractivity contribution in [3.63, 3.8) is 0 Å². The fourth-order valence-corrected chi connectivity index (χ4v) is 4.14. The van der Waals surface area contributed by atoms with E-state index in [9.17, 15) is 8.42 Å². The van der Waals surface area contributed by atoms with Crippen LogP contribution in [0.3, 0.4) is 0 Å². The van der Waals surface area contributed by atoms with E-state index in [2.05, 4.69) is 11.8 Å². The van der Waals surface area contributed by atoms with Gasteiger partial charge in [-0.25, -0.2) is 18.4 Å². The zero-order chi connectivity index (χ0) is 16.9. The Hall–Kier alpha value is -1.95. The van der Waals surface area contributed by atoms with Gasteiger partial charge in [-0.3, -0.25) is 0 Å². The summed E-state index contributed by atoms with van der Waals surface area (Å²) in [6.45, 7) is 3.17. The summed E-state index contributed by atoms with van der Waals surface area (Å²) in [6.07, 6.45) is 5.43. The van der Waals surface area contributed by atoms with E-state index in [1.54, 1.807) is 18.2 Å². The standard InChI is InChI=1S/C18H21N3O2S/c1-12-9-10-21(12)18-19-16-8-4-7-15(16)17(20-18)13-5-3-6-14(11-13)24(2,22)23/h3,5-6,11-12H,4,7-10H2,1-2H3/t12-/m0/s1. The topological polar surface area (TPSA) is 63.2 Å². The van der Waals surface area contributed by atoms with Crippen LogP contribution in [0.4, 0.5) is 5.95 Å². The summed E-state index contributed by atoms with van der Waals surface area (Å²) in [6, 6.07) is 7.58. The van der Waals surface area contributed by atoms with Gasteiger partial charge < -0.3 is 4.90 Å². The summed E-state index contributed by atoms with van der Waals surface area (Å²) in [5.74, 6) is 0.786. The number of hydrogen-bond donors (Lipinski definition) is 0. The number of anilines is 1. The lowest BCUT2D eigenvalue weighted by molar-refractivity contribution is 0.470. The number of hydrogen-bond acceptors (Lipinski definition) is 5. The van der Waals surface area contributed by atoms with Gasteiger partial charge in [0.25, 0.3) is 0 Å². The Balaban J connectivity index is 1.86. The van der Waals surface area contributed by atoms with E-state index in [0.717, 1.165) is 48.7 Å². The first-order valence-corrected chi connectivity index (χ1v) is 10.3. The summed E-state index contributed by atoms with van der Waals surface area (Å²) >= 11 is 0. The molecule has 5 nitrogen and oxygen atoms in total. The SMILES string of the molecule is C[C@H]1CCN1c1nc2c(c(-c3cccc(S(C)(=O)=O)c3)n1)CCC2. The van der Waals surface area contributed by atoms with Crippen LogP contribution in [0, 0.1) is 0 Å². The molecular weight excluding hydrogens is 322 g/mol. The van der Waals surface area contributed by atoms with Gasteiger partial charge in [0, 0.05) is 35.7 Å². The van der Waals surface area contributed by atoms with Gasteiger partial charge in [-0.15, -0.1) is 0 Å². The number of aryl methyl sites for hydroxylation is 1. The van der Waals surface area contributed by atoms with Gasteiger partial charge >= 0.3 is 0 Å². The number of rotatable bonds is 3. The van der Waals surface area contributed by atoms with E-state index in [-0.39, 0.29) is 0 Å². The first-order valence-electron chi connectivity index (χ1n) is 8.40. The van der Waals surface area contributed by atoms with Crippen LogP contribution >= 0.6 is 0 Å². The molecule has 1 atom stereocenters. The van der Waals surface area contributed by atoms with Gasteiger partial charge in [0.05, 0.1) is 10.6 Å². The van der Waals surface area contributed by atoms with Crippen LogP contribution < -0.4 is 4.90 Å². The van der Waals surface area contributed by atoms with Crippen LogP contribution in [0.5, 0.6) is 0 Å². The predicted octanol–water partition coefficient (Wildman–Crippen LogP) is 2.63. The quantitative estimate of drug-likeness (QED) is 0.857. The molecule has 1 aliphatic heterocycles. The Morgan fingerprint density at radius 1 is 1.21 bits per heavy atom. The average molecular weight is 343 g/mol. The highest BCUT2D eigenvalue weighted by atomic mass is 32.2. The lowest BCUT2D eigenvalue weighted by atomic mass is 10.0. The molecule has 6 heteroatoms. The number of fused-ring (bicyclic) bond motifs is 1. The molecule has 24 heavy (non-hydrogen) atoms. The Morgan fingerprint density at radius 3 is 2.71 bits per heavy atom. The molecule has 1 saturated heterocycles. The molecule has 126 valence electrons. The number of nitrogens with zero attached hydrogens (tertiary/aromatic N) is 3. The highest BCUT2D eigenvalue weighted by molar-refractivity contribution is 7.90. The molecule has 0 N–H and O–H groups in total. The fourth-order valence-electron chi connectivity index (χ4n) is 3.47. The third-order valence-corrected chi connectivity index (χ3v) is 6.14. The van der Waals surface area contributed by atoms with Gasteiger partial charge in [0.15, 0.2) is 9.84 Å². The maximum Gasteiger partial charge on any atom is 0.226 e. The van der Waals surface area contributed by atoms with Crippen LogP contribution in [0.25, 0.3) is 11.3 Å². The van der Waals surface area contributed by atoms with Crippen molar-refractivity contribution in [2.24, 2.45) is 0 Å². The predicted molar refractivity (Wildman–Crippen MR) is 94.0 cm³/mol. The van der Waals surface area contributed by atoms with E-state index in [1.807, 2.05) is 6.07 Å². The average Bonchev–Trinajstić information content (AvgIpc) is 3.00. The molecule has 4 rings (SSSR count). The van der Waals surface area contributed by atoms with Crippen LogP contribution in [0.15, 0.2) is 29.2 Å². The van der Waals surface area contributed by atoms with Crippen molar-refractivity contribution in [2.45, 2.75) is 43.5 Å². The van der Waals surface area contributed by atoms with Crippen LogP contribution in [0.2, 0.25) is 0 Å². The smallest absolute Gasteiger partial charge is 0.226 e. The van der Waals surface area contributed by atoms with Crippen LogP contribution in [-0.4, -0.2) is 37.2 Å². The Morgan fingerprint density at radius 2 is 2.04 bits per heavy atom. The minimum absolute atomic E-state index is 0.337.